The molecule has 0 fully saturated rings. The van der Waals surface area contributed by atoms with Crippen LogP contribution in [0.3, 0.4) is 0 Å². The highest BCUT2D eigenvalue weighted by atomic mass is 35.5. The third-order valence-corrected chi connectivity index (χ3v) is 7.87. The van der Waals surface area contributed by atoms with Gasteiger partial charge in [-0.25, -0.2) is 8.42 Å². The van der Waals surface area contributed by atoms with Crippen LogP contribution in [0.5, 0.6) is 5.75 Å². The highest BCUT2D eigenvalue weighted by Gasteiger charge is 2.32. The van der Waals surface area contributed by atoms with Crippen LogP contribution in [0, 0.1) is 0 Å². The number of sulfonamides is 1. The van der Waals surface area contributed by atoms with Crippen molar-refractivity contribution in [1.82, 2.24) is 10.2 Å². The Balaban J connectivity index is 2.01. The topological polar surface area (TPSA) is 96.0 Å². The fourth-order valence-electron chi connectivity index (χ4n) is 3.78. The molecule has 1 atom stereocenters. The first-order chi connectivity index (χ1) is 18.0. The van der Waals surface area contributed by atoms with Gasteiger partial charge in [-0.2, -0.15) is 0 Å². The Morgan fingerprint density at radius 3 is 2.08 bits per heavy atom. The molecule has 0 aromatic heterocycles. The van der Waals surface area contributed by atoms with Crippen molar-refractivity contribution in [2.75, 3.05) is 18.0 Å². The van der Waals surface area contributed by atoms with Gasteiger partial charge in [-0.3, -0.25) is 13.9 Å². The lowest BCUT2D eigenvalue weighted by molar-refractivity contribution is -0.139. The van der Waals surface area contributed by atoms with Crippen molar-refractivity contribution >= 4 is 39.1 Å². The fourth-order valence-corrected chi connectivity index (χ4v) is 5.32. The largest absolute Gasteiger partial charge is 0.497 e. The Hall–Kier alpha value is -3.56. The monoisotopic (exact) mass is 557 g/mol. The Bertz CT molecular complexity index is 1330. The van der Waals surface area contributed by atoms with Crippen molar-refractivity contribution in [2.24, 2.45) is 0 Å². The van der Waals surface area contributed by atoms with Crippen molar-refractivity contribution in [3.05, 3.63) is 89.4 Å². The summed E-state index contributed by atoms with van der Waals surface area (Å²) in [4.78, 5) is 28.1. The van der Waals surface area contributed by atoms with Gasteiger partial charge in [-0.05, 0) is 74.9 Å². The molecule has 0 bridgehead atoms. The molecule has 1 N–H and O–H groups in total. The van der Waals surface area contributed by atoms with Crippen LogP contribution in [0.1, 0.15) is 26.3 Å². The lowest BCUT2D eigenvalue weighted by atomic mass is 10.1. The van der Waals surface area contributed by atoms with E-state index in [0.29, 0.717) is 10.8 Å². The van der Waals surface area contributed by atoms with Gasteiger partial charge in [0.2, 0.25) is 11.8 Å². The first-order valence-corrected chi connectivity index (χ1v) is 13.9. The lowest BCUT2D eigenvalue weighted by Gasteiger charge is -2.32. The third kappa shape index (κ3) is 7.26. The zero-order valence-electron chi connectivity index (χ0n) is 21.8. The number of halogens is 1. The summed E-state index contributed by atoms with van der Waals surface area (Å²) in [6.45, 7) is 4.89. The molecule has 8 nitrogen and oxygen atoms in total. The van der Waals surface area contributed by atoms with Gasteiger partial charge in [0.05, 0.1) is 17.7 Å². The van der Waals surface area contributed by atoms with E-state index in [-0.39, 0.29) is 29.1 Å². The smallest absolute Gasteiger partial charge is 0.264 e. The Morgan fingerprint density at radius 2 is 1.53 bits per heavy atom. The number of rotatable bonds is 11. The highest BCUT2D eigenvalue weighted by molar-refractivity contribution is 7.92. The van der Waals surface area contributed by atoms with E-state index in [4.69, 9.17) is 16.3 Å². The average molecular weight is 558 g/mol. The van der Waals surface area contributed by atoms with Crippen LogP contribution >= 0.6 is 11.6 Å². The Labute approximate surface area is 229 Å². The van der Waals surface area contributed by atoms with Gasteiger partial charge in [-0.15, -0.1) is 0 Å². The van der Waals surface area contributed by atoms with E-state index < -0.39 is 28.5 Å². The molecule has 3 aromatic carbocycles. The number of amides is 2. The van der Waals surface area contributed by atoms with E-state index in [2.05, 4.69) is 5.32 Å². The summed E-state index contributed by atoms with van der Waals surface area (Å²) in [7, 11) is -2.69. The number of methoxy groups -OCH3 is 1. The molecule has 0 saturated heterocycles. The van der Waals surface area contributed by atoms with Gasteiger partial charge in [-0.1, -0.05) is 41.9 Å². The van der Waals surface area contributed by atoms with Crippen molar-refractivity contribution in [3.8, 4) is 5.75 Å². The first-order valence-electron chi connectivity index (χ1n) is 12.1. The molecule has 10 heteroatoms. The molecule has 0 aliphatic rings. The number of ether oxygens (including phenoxy) is 1. The molecule has 0 heterocycles. The number of hydrogen-bond acceptors (Lipinski definition) is 5. The van der Waals surface area contributed by atoms with E-state index in [1.165, 1.54) is 48.4 Å². The predicted molar refractivity (Wildman–Crippen MR) is 149 cm³/mol. The minimum Gasteiger partial charge on any atom is -0.497 e. The molecule has 0 spiro atoms. The minimum absolute atomic E-state index is 0.0127. The number of nitrogens with one attached hydrogen (secondary N) is 1. The molecule has 3 aromatic rings. The fraction of sp³-hybridized carbons (Fsp3) is 0.286. The summed E-state index contributed by atoms with van der Waals surface area (Å²) in [5.41, 5.74) is 1.07. The minimum atomic E-state index is -4.17. The summed E-state index contributed by atoms with van der Waals surface area (Å²) in [5, 5.41) is 3.25. The molecule has 2 amide bonds. The normalized spacial score (nSPS) is 12.1. The molecule has 0 aliphatic heterocycles. The van der Waals surface area contributed by atoms with E-state index in [0.717, 1.165) is 9.87 Å². The average Bonchev–Trinajstić information content (AvgIpc) is 2.90. The number of carbonyl (C=O) groups is 2. The zero-order valence-corrected chi connectivity index (χ0v) is 23.4. The van der Waals surface area contributed by atoms with Crippen LogP contribution < -0.4 is 14.4 Å². The second-order valence-electron chi connectivity index (χ2n) is 9.01. The second-order valence-corrected chi connectivity index (χ2v) is 11.3. The molecule has 0 aliphatic carbocycles. The summed E-state index contributed by atoms with van der Waals surface area (Å²) in [5.74, 6) is -0.371. The summed E-state index contributed by atoms with van der Waals surface area (Å²) >= 11 is 6.04. The van der Waals surface area contributed by atoms with Gasteiger partial charge < -0.3 is 15.0 Å². The van der Waals surface area contributed by atoms with Gasteiger partial charge in [0.1, 0.15) is 18.3 Å². The van der Waals surface area contributed by atoms with Crippen molar-refractivity contribution in [3.63, 3.8) is 0 Å². The number of nitrogens with zero attached hydrogens (tertiary/aromatic N) is 2. The number of benzene rings is 3. The summed E-state index contributed by atoms with van der Waals surface area (Å²) in [6.07, 6.45) is 0. The second kappa shape index (κ2) is 12.8. The Kier molecular flexibility index (Phi) is 9.77. The maximum Gasteiger partial charge on any atom is 0.264 e. The van der Waals surface area contributed by atoms with Gasteiger partial charge in [0.25, 0.3) is 10.0 Å². The molecule has 3 rings (SSSR count). The van der Waals surface area contributed by atoms with Crippen molar-refractivity contribution < 1.29 is 22.7 Å². The van der Waals surface area contributed by atoms with Crippen LogP contribution in [-0.2, 0) is 26.2 Å². The van der Waals surface area contributed by atoms with E-state index in [1.807, 2.05) is 44.2 Å². The predicted octanol–water partition coefficient (Wildman–Crippen LogP) is 4.49. The molecule has 0 radical (unpaired) electrons. The van der Waals surface area contributed by atoms with Crippen LogP contribution in [0.4, 0.5) is 5.69 Å². The van der Waals surface area contributed by atoms with E-state index >= 15 is 0 Å². The lowest BCUT2D eigenvalue weighted by Crippen LogP contribution is -2.52. The molecule has 38 heavy (non-hydrogen) atoms. The van der Waals surface area contributed by atoms with Crippen molar-refractivity contribution in [1.29, 1.82) is 0 Å². The first kappa shape index (κ1) is 29.0. The maximum absolute atomic E-state index is 13.8. The van der Waals surface area contributed by atoms with Gasteiger partial charge in [0.15, 0.2) is 0 Å². The number of carbonyl (C=O) groups excluding carboxylic acids is 2. The van der Waals surface area contributed by atoms with E-state index in [1.54, 1.807) is 19.1 Å². The van der Waals surface area contributed by atoms with Crippen LogP contribution in [-0.4, -0.2) is 50.9 Å². The maximum atomic E-state index is 13.8. The third-order valence-electron chi connectivity index (χ3n) is 5.83. The van der Waals surface area contributed by atoms with Crippen molar-refractivity contribution in [2.45, 2.75) is 44.3 Å². The molecule has 202 valence electrons. The number of hydrogen-bond donors (Lipinski definition) is 1. The number of anilines is 1. The molecular weight excluding hydrogens is 526 g/mol. The van der Waals surface area contributed by atoms with Gasteiger partial charge >= 0.3 is 0 Å². The molecular formula is C28H32ClN3O5S. The molecule has 0 unspecified atom stereocenters. The van der Waals surface area contributed by atoms with Gasteiger partial charge in [0, 0.05) is 17.6 Å². The quantitative estimate of drug-likeness (QED) is 0.375. The molecule has 0 saturated carbocycles. The van der Waals surface area contributed by atoms with E-state index in [9.17, 15) is 18.0 Å². The summed E-state index contributed by atoms with van der Waals surface area (Å²) in [6, 6.07) is 20.3. The van der Waals surface area contributed by atoms with Crippen LogP contribution in [0.25, 0.3) is 0 Å². The zero-order chi connectivity index (χ0) is 27.9. The SMILES string of the molecule is COc1ccc(S(=O)(=O)N(CC(=O)N(Cc2ccccc2)[C@@H](C)C(=O)NC(C)C)c2ccc(Cl)cc2)cc1. The van der Waals surface area contributed by atoms with Crippen LogP contribution in [0.15, 0.2) is 83.8 Å². The standard InChI is InChI=1S/C28H32ClN3O5S/c1-20(2)30-28(34)21(3)31(18-22-8-6-5-7-9-22)27(33)19-32(24-12-10-23(29)11-13-24)38(35,36)26-16-14-25(37-4)15-17-26/h5-17,20-21H,18-19H2,1-4H3,(H,30,34)/t21-/m0/s1. The van der Waals surface area contributed by atoms with Crippen LogP contribution in [0.2, 0.25) is 5.02 Å². The summed E-state index contributed by atoms with van der Waals surface area (Å²) < 4.78 is 33.7. The Morgan fingerprint density at radius 1 is 0.921 bits per heavy atom. The highest BCUT2D eigenvalue weighted by Crippen LogP contribution is 2.27.